The summed E-state index contributed by atoms with van der Waals surface area (Å²) in [7, 11) is 0. The average Bonchev–Trinajstić information content (AvgIpc) is 2.14. The van der Waals surface area contributed by atoms with Crippen molar-refractivity contribution in [2.45, 2.75) is 6.92 Å². The largest absolute Gasteiger partial charge is 0.465 e. The number of anilines is 1. The highest BCUT2D eigenvalue weighted by Gasteiger charge is 2.16. The van der Waals surface area contributed by atoms with Gasteiger partial charge in [0.25, 0.3) is 0 Å². The van der Waals surface area contributed by atoms with Crippen molar-refractivity contribution < 1.29 is 9.90 Å². The molecule has 0 saturated heterocycles. The summed E-state index contributed by atoms with van der Waals surface area (Å²) in [5, 5.41) is 9.73. The summed E-state index contributed by atoms with van der Waals surface area (Å²) in [6.45, 7) is 1.99. The lowest BCUT2D eigenvalue weighted by atomic mass is 10.3. The number of halogens is 3. The molecule has 0 spiro atoms. The van der Waals surface area contributed by atoms with Crippen molar-refractivity contribution >= 4 is 46.6 Å². The van der Waals surface area contributed by atoms with Gasteiger partial charge < -0.3 is 5.11 Å². The minimum absolute atomic E-state index is 0.258. The number of benzene rings is 1. The van der Waals surface area contributed by atoms with Gasteiger partial charge in [0.05, 0.1) is 20.8 Å². The molecular weight excluding hydrogens is 260 g/mol. The van der Waals surface area contributed by atoms with Gasteiger partial charge in [0.1, 0.15) is 0 Å². The number of carboxylic acid groups (broad SMARTS) is 1. The van der Waals surface area contributed by atoms with E-state index in [2.05, 4.69) is 0 Å². The van der Waals surface area contributed by atoms with Crippen molar-refractivity contribution in [2.24, 2.45) is 0 Å². The Hall–Kier alpha value is -0.640. The first-order valence-electron chi connectivity index (χ1n) is 4.12. The fourth-order valence-corrected chi connectivity index (χ4v) is 1.77. The van der Waals surface area contributed by atoms with Crippen molar-refractivity contribution in [1.82, 2.24) is 0 Å². The van der Waals surface area contributed by atoms with E-state index in [1.54, 1.807) is 6.92 Å². The molecule has 0 bridgehead atoms. The molecule has 0 saturated carbocycles. The molecule has 82 valence electrons. The Kier molecular flexibility index (Phi) is 4.08. The normalized spacial score (nSPS) is 10.1. The Morgan fingerprint density at radius 2 is 1.80 bits per heavy atom. The molecule has 0 aliphatic heterocycles. The molecule has 6 heteroatoms. The molecule has 0 fully saturated rings. The highest BCUT2D eigenvalue weighted by Crippen LogP contribution is 2.34. The van der Waals surface area contributed by atoms with Crippen LogP contribution in [0.3, 0.4) is 0 Å². The molecule has 1 aromatic carbocycles. The summed E-state index contributed by atoms with van der Waals surface area (Å²) in [6.07, 6.45) is -1.09. The lowest BCUT2D eigenvalue weighted by molar-refractivity contribution is 0.202. The van der Waals surface area contributed by atoms with Crippen LogP contribution in [-0.2, 0) is 0 Å². The Labute approximate surface area is 102 Å². The van der Waals surface area contributed by atoms with Crippen LogP contribution in [0.25, 0.3) is 0 Å². The fraction of sp³-hybridized carbons (Fsp3) is 0.222. The van der Waals surface area contributed by atoms with E-state index >= 15 is 0 Å². The monoisotopic (exact) mass is 267 g/mol. The van der Waals surface area contributed by atoms with Crippen LogP contribution < -0.4 is 4.90 Å². The minimum Gasteiger partial charge on any atom is -0.465 e. The molecule has 0 radical (unpaired) electrons. The average molecular weight is 269 g/mol. The lowest BCUT2D eigenvalue weighted by Gasteiger charge is -2.18. The van der Waals surface area contributed by atoms with Gasteiger partial charge in [-0.25, -0.2) is 4.79 Å². The van der Waals surface area contributed by atoms with Gasteiger partial charge in [-0.05, 0) is 19.1 Å². The lowest BCUT2D eigenvalue weighted by Crippen LogP contribution is -2.28. The molecule has 0 aliphatic rings. The van der Waals surface area contributed by atoms with Crippen LogP contribution >= 0.6 is 34.8 Å². The van der Waals surface area contributed by atoms with Crippen LogP contribution in [0.1, 0.15) is 6.92 Å². The predicted molar refractivity (Wildman–Crippen MR) is 62.5 cm³/mol. The van der Waals surface area contributed by atoms with Gasteiger partial charge in [0.15, 0.2) is 0 Å². The first-order valence-corrected chi connectivity index (χ1v) is 5.25. The highest BCUT2D eigenvalue weighted by atomic mass is 35.5. The van der Waals surface area contributed by atoms with Crippen LogP contribution in [0.2, 0.25) is 15.1 Å². The van der Waals surface area contributed by atoms with E-state index in [1.165, 1.54) is 12.1 Å². The van der Waals surface area contributed by atoms with Gasteiger partial charge in [0, 0.05) is 6.54 Å². The van der Waals surface area contributed by atoms with Crippen molar-refractivity contribution in [2.75, 3.05) is 11.4 Å². The molecule has 0 aliphatic carbocycles. The Morgan fingerprint density at radius 1 is 1.27 bits per heavy atom. The van der Waals surface area contributed by atoms with Gasteiger partial charge in [0.2, 0.25) is 0 Å². The second-order valence-corrected chi connectivity index (χ2v) is 3.97. The molecule has 15 heavy (non-hydrogen) atoms. The maximum atomic E-state index is 10.9. The van der Waals surface area contributed by atoms with E-state index in [1.807, 2.05) is 0 Å². The van der Waals surface area contributed by atoms with E-state index in [9.17, 15) is 4.79 Å². The maximum Gasteiger partial charge on any atom is 0.411 e. The zero-order valence-electron chi connectivity index (χ0n) is 7.80. The van der Waals surface area contributed by atoms with Crippen LogP contribution in [0.5, 0.6) is 0 Å². The Morgan fingerprint density at radius 3 is 2.27 bits per heavy atom. The number of carbonyl (C=O) groups is 1. The number of hydrogen-bond donors (Lipinski definition) is 1. The van der Waals surface area contributed by atoms with E-state index in [0.29, 0.717) is 10.7 Å². The molecule has 0 aromatic heterocycles. The third-order valence-electron chi connectivity index (χ3n) is 1.83. The second-order valence-electron chi connectivity index (χ2n) is 2.74. The number of nitrogens with zero attached hydrogens (tertiary/aromatic N) is 1. The zero-order valence-corrected chi connectivity index (χ0v) is 10.1. The molecular formula is C9H8Cl3NO2. The summed E-state index contributed by atoms with van der Waals surface area (Å²) in [6, 6.07) is 2.86. The highest BCUT2D eigenvalue weighted by molar-refractivity contribution is 6.44. The van der Waals surface area contributed by atoms with Gasteiger partial charge in [-0.2, -0.15) is 0 Å². The first-order chi connectivity index (χ1) is 6.97. The van der Waals surface area contributed by atoms with Crippen LogP contribution in [0.15, 0.2) is 12.1 Å². The summed E-state index contributed by atoms with van der Waals surface area (Å²) in [5.74, 6) is 0. The SMILES string of the molecule is CCN(C(=O)O)c1cc(Cl)c(Cl)cc1Cl. The summed E-state index contributed by atoms with van der Waals surface area (Å²) in [5.41, 5.74) is 0.334. The number of hydrogen-bond acceptors (Lipinski definition) is 1. The Bertz CT molecular complexity index is 395. The summed E-state index contributed by atoms with van der Waals surface area (Å²) in [4.78, 5) is 12.0. The van der Waals surface area contributed by atoms with Gasteiger partial charge in [-0.15, -0.1) is 0 Å². The Balaban J connectivity index is 3.24. The van der Waals surface area contributed by atoms with Crippen LogP contribution in [0, 0.1) is 0 Å². The molecule has 3 nitrogen and oxygen atoms in total. The first kappa shape index (κ1) is 12.4. The minimum atomic E-state index is -1.09. The van der Waals surface area contributed by atoms with Crippen LogP contribution in [-0.4, -0.2) is 17.7 Å². The van der Waals surface area contributed by atoms with Crippen molar-refractivity contribution in [1.29, 1.82) is 0 Å². The van der Waals surface area contributed by atoms with Gasteiger partial charge >= 0.3 is 6.09 Å². The van der Waals surface area contributed by atoms with E-state index in [4.69, 9.17) is 39.9 Å². The van der Waals surface area contributed by atoms with E-state index in [0.717, 1.165) is 4.90 Å². The maximum absolute atomic E-state index is 10.9. The number of amides is 1. The van der Waals surface area contributed by atoms with E-state index in [-0.39, 0.29) is 16.6 Å². The quantitative estimate of drug-likeness (QED) is 0.819. The molecule has 0 atom stereocenters. The summed E-state index contributed by atoms with van der Waals surface area (Å²) >= 11 is 17.4. The molecule has 1 aromatic rings. The second kappa shape index (κ2) is 4.92. The predicted octanol–water partition coefficient (Wildman–Crippen LogP) is 4.15. The molecule has 0 heterocycles. The smallest absolute Gasteiger partial charge is 0.411 e. The standard InChI is InChI=1S/C9H8Cl3NO2/c1-2-13(9(14)15)8-4-6(11)5(10)3-7(8)12/h3-4H,2H2,1H3,(H,14,15). The van der Waals surface area contributed by atoms with Gasteiger partial charge in [-0.1, -0.05) is 34.8 Å². The van der Waals surface area contributed by atoms with Crippen molar-refractivity contribution in [3.63, 3.8) is 0 Å². The fourth-order valence-electron chi connectivity index (χ4n) is 1.13. The third-order valence-corrected chi connectivity index (χ3v) is 2.85. The zero-order chi connectivity index (χ0) is 11.6. The van der Waals surface area contributed by atoms with E-state index < -0.39 is 6.09 Å². The molecule has 1 amide bonds. The van der Waals surface area contributed by atoms with Crippen molar-refractivity contribution in [3.8, 4) is 0 Å². The van der Waals surface area contributed by atoms with Crippen LogP contribution in [0.4, 0.5) is 10.5 Å². The molecule has 1 N–H and O–H groups in total. The molecule has 1 rings (SSSR count). The third kappa shape index (κ3) is 2.68. The molecule has 0 unspecified atom stereocenters. The number of rotatable bonds is 2. The van der Waals surface area contributed by atoms with Gasteiger partial charge in [-0.3, -0.25) is 4.90 Å². The van der Waals surface area contributed by atoms with Crippen molar-refractivity contribution in [3.05, 3.63) is 27.2 Å². The topological polar surface area (TPSA) is 40.5 Å². The summed E-state index contributed by atoms with van der Waals surface area (Å²) < 4.78 is 0.